The number of aliphatic hydroxyl groups excluding tert-OH is 1. The summed E-state index contributed by atoms with van der Waals surface area (Å²) >= 11 is 0. The first-order chi connectivity index (χ1) is 12.6. The molecule has 3 rings (SSSR count). The molecule has 1 aromatic carbocycles. The SMILES string of the molecule is O=C(Cn1ccc(=O)cc1)N[C@@H]1COCC[C@H]1Oc1ccc(CO)cc1. The summed E-state index contributed by atoms with van der Waals surface area (Å²) in [6.07, 6.45) is 3.64. The third-order valence-electron chi connectivity index (χ3n) is 4.22. The van der Waals surface area contributed by atoms with Gasteiger partial charge >= 0.3 is 0 Å². The van der Waals surface area contributed by atoms with Crippen molar-refractivity contribution in [3.05, 3.63) is 64.6 Å². The topological polar surface area (TPSA) is 89.8 Å². The van der Waals surface area contributed by atoms with Crippen molar-refractivity contribution in [3.8, 4) is 5.75 Å². The Morgan fingerprint density at radius 2 is 1.96 bits per heavy atom. The van der Waals surface area contributed by atoms with E-state index in [9.17, 15) is 9.59 Å². The fraction of sp³-hybridized carbons (Fsp3) is 0.368. The van der Waals surface area contributed by atoms with E-state index in [1.165, 1.54) is 12.1 Å². The van der Waals surface area contributed by atoms with Gasteiger partial charge in [-0.3, -0.25) is 9.59 Å². The maximum Gasteiger partial charge on any atom is 0.240 e. The Bertz CT molecular complexity index is 767. The molecule has 0 bridgehead atoms. The van der Waals surface area contributed by atoms with Crippen LogP contribution < -0.4 is 15.5 Å². The molecule has 1 aliphatic heterocycles. The molecule has 2 atom stereocenters. The molecular weight excluding hydrogens is 336 g/mol. The van der Waals surface area contributed by atoms with E-state index in [-0.39, 0.29) is 36.6 Å². The zero-order valence-electron chi connectivity index (χ0n) is 14.3. The first-order valence-corrected chi connectivity index (χ1v) is 8.54. The average molecular weight is 358 g/mol. The Hall–Kier alpha value is -2.64. The Morgan fingerprint density at radius 3 is 2.65 bits per heavy atom. The van der Waals surface area contributed by atoms with Crippen molar-refractivity contribution < 1.29 is 19.4 Å². The standard InChI is InChI=1S/C19H22N2O5/c22-12-14-1-3-16(4-2-14)26-18-7-10-25-13-17(18)20-19(24)11-21-8-5-15(23)6-9-21/h1-6,8-9,17-18,22H,7,10-13H2,(H,20,24)/t17-,18-/m1/s1. The van der Waals surface area contributed by atoms with Crippen LogP contribution in [0, 0.1) is 0 Å². The first kappa shape index (κ1) is 18.2. The number of benzene rings is 1. The van der Waals surface area contributed by atoms with Crippen molar-refractivity contribution in [1.29, 1.82) is 0 Å². The molecule has 7 nitrogen and oxygen atoms in total. The van der Waals surface area contributed by atoms with Crippen LogP contribution in [0.1, 0.15) is 12.0 Å². The molecule has 0 radical (unpaired) electrons. The van der Waals surface area contributed by atoms with Crippen molar-refractivity contribution in [3.63, 3.8) is 0 Å². The Morgan fingerprint density at radius 1 is 1.23 bits per heavy atom. The number of hydrogen-bond donors (Lipinski definition) is 2. The van der Waals surface area contributed by atoms with Crippen LogP contribution in [0.5, 0.6) is 5.75 Å². The van der Waals surface area contributed by atoms with Gasteiger partial charge in [-0.05, 0) is 17.7 Å². The van der Waals surface area contributed by atoms with Crippen molar-refractivity contribution in [2.24, 2.45) is 0 Å². The highest BCUT2D eigenvalue weighted by Gasteiger charge is 2.29. The van der Waals surface area contributed by atoms with Gasteiger partial charge < -0.3 is 24.5 Å². The normalized spacial score (nSPS) is 19.7. The number of aliphatic hydroxyl groups is 1. The molecule has 1 aliphatic rings. The lowest BCUT2D eigenvalue weighted by Crippen LogP contribution is -2.52. The van der Waals surface area contributed by atoms with Crippen molar-refractivity contribution in [1.82, 2.24) is 9.88 Å². The van der Waals surface area contributed by atoms with E-state index in [0.29, 0.717) is 25.4 Å². The highest BCUT2D eigenvalue weighted by Crippen LogP contribution is 2.19. The fourth-order valence-electron chi connectivity index (χ4n) is 2.81. The number of pyridine rings is 1. The van der Waals surface area contributed by atoms with Crippen LogP contribution in [0.3, 0.4) is 0 Å². The number of carbonyl (C=O) groups is 1. The van der Waals surface area contributed by atoms with E-state index in [2.05, 4.69) is 5.32 Å². The Kier molecular flexibility index (Phi) is 6.04. The molecule has 2 aromatic rings. The quantitative estimate of drug-likeness (QED) is 0.793. The zero-order valence-corrected chi connectivity index (χ0v) is 14.3. The van der Waals surface area contributed by atoms with Gasteiger partial charge in [0.1, 0.15) is 18.4 Å². The van der Waals surface area contributed by atoms with Gasteiger partial charge in [0.05, 0.1) is 25.9 Å². The second-order valence-corrected chi connectivity index (χ2v) is 6.20. The molecular formula is C19H22N2O5. The number of rotatable bonds is 6. The lowest BCUT2D eigenvalue weighted by molar-refractivity contribution is -0.124. The van der Waals surface area contributed by atoms with E-state index >= 15 is 0 Å². The molecule has 2 heterocycles. The summed E-state index contributed by atoms with van der Waals surface area (Å²) in [5.74, 6) is 0.516. The van der Waals surface area contributed by atoms with Crippen LogP contribution in [-0.2, 0) is 22.7 Å². The number of aromatic nitrogens is 1. The van der Waals surface area contributed by atoms with E-state index in [1.807, 2.05) is 0 Å². The number of nitrogens with one attached hydrogen (secondary N) is 1. The second kappa shape index (κ2) is 8.64. The highest BCUT2D eigenvalue weighted by atomic mass is 16.5. The molecule has 138 valence electrons. The second-order valence-electron chi connectivity index (χ2n) is 6.20. The maximum absolute atomic E-state index is 12.3. The van der Waals surface area contributed by atoms with Crippen LogP contribution in [0.4, 0.5) is 0 Å². The largest absolute Gasteiger partial charge is 0.488 e. The lowest BCUT2D eigenvalue weighted by atomic mass is 10.1. The minimum Gasteiger partial charge on any atom is -0.488 e. The molecule has 26 heavy (non-hydrogen) atoms. The van der Waals surface area contributed by atoms with Crippen LogP contribution >= 0.6 is 0 Å². The maximum atomic E-state index is 12.3. The smallest absolute Gasteiger partial charge is 0.240 e. The Labute approximate surface area is 151 Å². The monoisotopic (exact) mass is 358 g/mol. The first-order valence-electron chi connectivity index (χ1n) is 8.54. The molecule has 1 aromatic heterocycles. The Balaban J connectivity index is 1.59. The predicted octanol–water partition coefficient (Wildman–Crippen LogP) is 0.693. The third kappa shape index (κ3) is 4.93. The minimum atomic E-state index is -0.256. The summed E-state index contributed by atoms with van der Waals surface area (Å²) in [6.45, 7) is 1.07. The third-order valence-corrected chi connectivity index (χ3v) is 4.22. The van der Waals surface area contributed by atoms with Crippen molar-refractivity contribution in [2.45, 2.75) is 31.7 Å². The predicted molar refractivity (Wildman–Crippen MR) is 94.8 cm³/mol. The fourth-order valence-corrected chi connectivity index (χ4v) is 2.81. The summed E-state index contributed by atoms with van der Waals surface area (Å²) in [5.41, 5.74) is 0.721. The van der Waals surface area contributed by atoms with Crippen molar-refractivity contribution in [2.75, 3.05) is 13.2 Å². The summed E-state index contributed by atoms with van der Waals surface area (Å²) in [6, 6.07) is 9.79. The van der Waals surface area contributed by atoms with Gasteiger partial charge in [0, 0.05) is 30.9 Å². The molecule has 0 spiro atoms. The lowest BCUT2D eigenvalue weighted by Gasteiger charge is -2.32. The van der Waals surface area contributed by atoms with Gasteiger partial charge in [-0.15, -0.1) is 0 Å². The summed E-state index contributed by atoms with van der Waals surface area (Å²) in [5, 5.41) is 12.1. The van der Waals surface area contributed by atoms with Crippen LogP contribution in [0.25, 0.3) is 0 Å². The number of nitrogens with zero attached hydrogens (tertiary/aromatic N) is 1. The van der Waals surface area contributed by atoms with Gasteiger partial charge in [-0.2, -0.15) is 0 Å². The molecule has 2 N–H and O–H groups in total. The van der Waals surface area contributed by atoms with Gasteiger partial charge in [-0.25, -0.2) is 0 Å². The number of carbonyl (C=O) groups excluding carboxylic acids is 1. The minimum absolute atomic E-state index is 0.0127. The summed E-state index contributed by atoms with van der Waals surface area (Å²) in [7, 11) is 0. The molecule has 7 heteroatoms. The highest BCUT2D eigenvalue weighted by molar-refractivity contribution is 5.76. The van der Waals surface area contributed by atoms with E-state index in [0.717, 1.165) is 5.56 Å². The van der Waals surface area contributed by atoms with Crippen LogP contribution in [0.2, 0.25) is 0 Å². The number of ether oxygens (including phenoxy) is 2. The van der Waals surface area contributed by atoms with Gasteiger partial charge in [0.15, 0.2) is 5.43 Å². The average Bonchev–Trinajstić information content (AvgIpc) is 2.66. The number of hydrogen-bond acceptors (Lipinski definition) is 5. The van der Waals surface area contributed by atoms with Crippen molar-refractivity contribution >= 4 is 5.91 Å². The van der Waals surface area contributed by atoms with Gasteiger partial charge in [-0.1, -0.05) is 12.1 Å². The van der Waals surface area contributed by atoms with Crippen LogP contribution in [-0.4, -0.2) is 40.9 Å². The zero-order chi connectivity index (χ0) is 18.4. The molecule has 0 aliphatic carbocycles. The van der Waals surface area contributed by atoms with E-state index < -0.39 is 0 Å². The van der Waals surface area contributed by atoms with E-state index in [4.69, 9.17) is 14.6 Å². The van der Waals surface area contributed by atoms with Gasteiger partial charge in [0.2, 0.25) is 5.91 Å². The van der Waals surface area contributed by atoms with Gasteiger partial charge in [0.25, 0.3) is 0 Å². The van der Waals surface area contributed by atoms with Crippen LogP contribution in [0.15, 0.2) is 53.6 Å². The molecule has 1 saturated heterocycles. The molecule has 1 fully saturated rings. The molecule has 0 saturated carbocycles. The molecule has 1 amide bonds. The molecule has 0 unspecified atom stereocenters. The summed E-state index contributed by atoms with van der Waals surface area (Å²) in [4.78, 5) is 23.4. The summed E-state index contributed by atoms with van der Waals surface area (Å²) < 4.78 is 13.1. The number of amides is 1. The van der Waals surface area contributed by atoms with E-state index in [1.54, 1.807) is 41.2 Å².